The Labute approximate surface area is 275 Å². The Morgan fingerprint density at radius 3 is 1.39 bits per heavy atom. The van der Waals surface area contributed by atoms with Crippen LogP contribution in [0.1, 0.15) is 39.5 Å². The third-order valence-electron chi connectivity index (χ3n) is 6.37. The average molecular weight is 673 g/mol. The van der Waals surface area contributed by atoms with E-state index in [4.69, 9.17) is 33.9 Å². The molecule has 44 heavy (non-hydrogen) atoms. The second-order valence-electron chi connectivity index (χ2n) is 9.53. The molecule has 232 valence electrons. The number of nitrogens with zero attached hydrogens (tertiary/aromatic N) is 2. The van der Waals surface area contributed by atoms with Gasteiger partial charge in [-0.3, -0.25) is 29.0 Å². The normalized spacial score (nSPS) is 16.5. The van der Waals surface area contributed by atoms with E-state index < -0.39 is 0 Å². The lowest BCUT2D eigenvalue weighted by atomic mass is 10.2. The van der Waals surface area contributed by atoms with Gasteiger partial charge in [-0.25, -0.2) is 0 Å². The van der Waals surface area contributed by atoms with Gasteiger partial charge in [0.05, 0.1) is 23.0 Å². The van der Waals surface area contributed by atoms with Crippen LogP contribution in [-0.4, -0.2) is 68.4 Å². The van der Waals surface area contributed by atoms with E-state index in [2.05, 4.69) is 10.6 Å². The SMILES string of the molecule is CCOc1ccc(NC(=O)CCCN2C(=O)C(=C3SC(=S)N(CCCC(=O)Nc4ccc(OCC)cc4)C3=O)SC2=S)cc1. The van der Waals surface area contributed by atoms with Crippen molar-refractivity contribution in [3.63, 3.8) is 0 Å². The number of carbonyl (C=O) groups is 4. The number of hydrogen-bond acceptors (Lipinski definition) is 10. The zero-order chi connectivity index (χ0) is 31.6. The first-order valence-electron chi connectivity index (χ1n) is 14.1. The monoisotopic (exact) mass is 672 g/mol. The van der Waals surface area contributed by atoms with Crippen molar-refractivity contribution >= 4 is 91.6 Å². The molecule has 0 aromatic heterocycles. The number of thiocarbonyl (C=S) groups is 2. The van der Waals surface area contributed by atoms with Gasteiger partial charge in [0.15, 0.2) is 0 Å². The second kappa shape index (κ2) is 16.0. The van der Waals surface area contributed by atoms with Gasteiger partial charge in [0.25, 0.3) is 11.8 Å². The lowest BCUT2D eigenvalue weighted by molar-refractivity contribution is -0.124. The largest absolute Gasteiger partial charge is 0.494 e. The predicted octanol–water partition coefficient (Wildman–Crippen LogP) is 5.55. The number of hydrogen-bond donors (Lipinski definition) is 2. The molecule has 0 unspecified atom stereocenters. The van der Waals surface area contributed by atoms with Gasteiger partial charge in [-0.1, -0.05) is 48.0 Å². The van der Waals surface area contributed by atoms with Crippen molar-refractivity contribution < 1.29 is 28.7 Å². The average Bonchev–Trinajstić information content (AvgIpc) is 3.44. The van der Waals surface area contributed by atoms with Gasteiger partial charge in [0.1, 0.15) is 20.1 Å². The standard InChI is InChI=1S/C30H32N4O6S4/c1-3-39-21-13-9-19(10-14-21)31-23(35)7-5-17-33-27(37)25(43-29(33)41)26-28(38)34(30(42)44-26)18-6-8-24(36)32-20-11-15-22(16-12-20)40-4-2/h9-16H,3-8,17-18H2,1-2H3,(H,31,35)(H,32,36). The lowest BCUT2D eigenvalue weighted by Crippen LogP contribution is -2.31. The van der Waals surface area contributed by atoms with Crippen molar-refractivity contribution in [1.82, 2.24) is 9.80 Å². The highest BCUT2D eigenvalue weighted by Gasteiger charge is 2.41. The highest BCUT2D eigenvalue weighted by atomic mass is 32.2. The molecule has 0 radical (unpaired) electrons. The summed E-state index contributed by atoms with van der Waals surface area (Å²) in [6.07, 6.45) is 1.16. The van der Waals surface area contributed by atoms with E-state index >= 15 is 0 Å². The van der Waals surface area contributed by atoms with Crippen LogP contribution in [0.15, 0.2) is 58.3 Å². The number of thioether (sulfide) groups is 2. The molecule has 4 rings (SSSR count). The quantitative estimate of drug-likeness (QED) is 0.195. The Morgan fingerprint density at radius 1 is 0.682 bits per heavy atom. The molecule has 0 spiro atoms. The van der Waals surface area contributed by atoms with Crippen molar-refractivity contribution in [2.75, 3.05) is 36.9 Å². The van der Waals surface area contributed by atoms with Gasteiger partial charge in [0, 0.05) is 37.3 Å². The van der Waals surface area contributed by atoms with Crippen LogP contribution < -0.4 is 20.1 Å². The van der Waals surface area contributed by atoms with Crippen molar-refractivity contribution in [2.45, 2.75) is 39.5 Å². The zero-order valence-electron chi connectivity index (χ0n) is 24.3. The van der Waals surface area contributed by atoms with Crippen LogP contribution in [0.4, 0.5) is 11.4 Å². The zero-order valence-corrected chi connectivity index (χ0v) is 27.5. The van der Waals surface area contributed by atoms with Gasteiger partial charge in [0.2, 0.25) is 11.8 Å². The summed E-state index contributed by atoms with van der Waals surface area (Å²) in [5.74, 6) is 0.326. The Bertz CT molecular complexity index is 1350. The van der Waals surface area contributed by atoms with E-state index in [0.717, 1.165) is 35.0 Å². The van der Waals surface area contributed by atoms with E-state index in [9.17, 15) is 19.2 Å². The molecule has 14 heteroatoms. The molecule has 2 aliphatic heterocycles. The fraction of sp³-hybridized carbons (Fsp3) is 0.333. The first-order valence-corrected chi connectivity index (χ1v) is 16.5. The van der Waals surface area contributed by atoms with Crippen molar-refractivity contribution in [3.8, 4) is 11.5 Å². The van der Waals surface area contributed by atoms with Gasteiger partial charge in [-0.05, 0) is 75.2 Å². The molecule has 2 saturated heterocycles. The first-order chi connectivity index (χ1) is 21.2. The maximum atomic E-state index is 13.2. The third-order valence-corrected chi connectivity index (χ3v) is 9.40. The summed E-state index contributed by atoms with van der Waals surface area (Å²) in [6, 6.07) is 14.2. The molecule has 2 fully saturated rings. The maximum absolute atomic E-state index is 13.2. The molecule has 0 atom stereocenters. The molecule has 2 heterocycles. The fourth-order valence-corrected chi connectivity index (χ4v) is 7.07. The number of carbonyl (C=O) groups excluding carboxylic acids is 4. The summed E-state index contributed by atoms with van der Waals surface area (Å²) in [5, 5.41) is 5.65. The third kappa shape index (κ3) is 8.80. The minimum absolute atomic E-state index is 0.186. The topological polar surface area (TPSA) is 117 Å². The summed E-state index contributed by atoms with van der Waals surface area (Å²) < 4.78 is 11.5. The molecule has 2 aromatic carbocycles. The molecule has 2 N–H and O–H groups in total. The number of amides is 4. The summed E-state index contributed by atoms with van der Waals surface area (Å²) in [4.78, 5) is 54.5. The van der Waals surface area contributed by atoms with E-state index in [1.54, 1.807) is 48.5 Å². The minimum Gasteiger partial charge on any atom is -0.494 e. The smallest absolute Gasteiger partial charge is 0.267 e. The fourth-order valence-electron chi connectivity index (χ4n) is 4.30. The van der Waals surface area contributed by atoms with Crippen molar-refractivity contribution in [2.24, 2.45) is 0 Å². The number of benzene rings is 2. The number of rotatable bonds is 14. The van der Waals surface area contributed by atoms with Gasteiger partial charge < -0.3 is 20.1 Å². The molecule has 0 saturated carbocycles. The van der Waals surface area contributed by atoms with Crippen LogP contribution in [0.2, 0.25) is 0 Å². The maximum Gasteiger partial charge on any atom is 0.267 e. The predicted molar refractivity (Wildman–Crippen MR) is 182 cm³/mol. The van der Waals surface area contributed by atoms with Crippen LogP contribution in [-0.2, 0) is 19.2 Å². The Kier molecular flexibility index (Phi) is 12.2. The van der Waals surface area contributed by atoms with Crippen molar-refractivity contribution in [3.05, 3.63) is 58.3 Å². The molecule has 2 aliphatic rings. The summed E-state index contributed by atoms with van der Waals surface area (Å²) in [5.41, 5.74) is 1.30. The molecule has 2 aromatic rings. The summed E-state index contributed by atoms with van der Waals surface area (Å²) in [6.45, 7) is 5.41. The Morgan fingerprint density at radius 2 is 1.05 bits per heavy atom. The number of anilines is 2. The van der Waals surface area contributed by atoms with Crippen LogP contribution in [0.3, 0.4) is 0 Å². The minimum atomic E-state index is -0.373. The lowest BCUT2D eigenvalue weighted by Gasteiger charge is -2.15. The highest BCUT2D eigenvalue weighted by molar-refractivity contribution is 8.29. The summed E-state index contributed by atoms with van der Waals surface area (Å²) >= 11 is 13.0. The highest BCUT2D eigenvalue weighted by Crippen LogP contribution is 2.42. The van der Waals surface area contributed by atoms with Crippen LogP contribution in [0.5, 0.6) is 11.5 Å². The second-order valence-corrected chi connectivity index (χ2v) is 12.8. The van der Waals surface area contributed by atoms with Crippen LogP contribution >= 0.6 is 48.0 Å². The summed E-state index contributed by atoms with van der Waals surface area (Å²) in [7, 11) is 0. The van der Waals surface area contributed by atoms with Gasteiger partial charge in [-0.15, -0.1) is 0 Å². The number of ether oxygens (including phenoxy) is 2. The molecular formula is C30H32N4O6S4. The molecule has 4 amide bonds. The number of nitrogens with one attached hydrogen (secondary N) is 2. The van der Waals surface area contributed by atoms with Gasteiger partial charge >= 0.3 is 0 Å². The molecule has 0 bridgehead atoms. The van der Waals surface area contributed by atoms with E-state index in [-0.39, 0.29) is 59.4 Å². The van der Waals surface area contributed by atoms with E-state index in [1.807, 2.05) is 13.8 Å². The Hall–Kier alpha value is -3.46. The van der Waals surface area contributed by atoms with Gasteiger partial charge in [-0.2, -0.15) is 0 Å². The molecule has 10 nitrogen and oxygen atoms in total. The van der Waals surface area contributed by atoms with Crippen molar-refractivity contribution in [1.29, 1.82) is 0 Å². The van der Waals surface area contributed by atoms with Crippen LogP contribution in [0, 0.1) is 0 Å². The van der Waals surface area contributed by atoms with E-state index in [0.29, 0.717) is 46.1 Å². The first kappa shape index (κ1) is 33.4. The van der Waals surface area contributed by atoms with E-state index in [1.165, 1.54) is 9.80 Å². The van der Waals surface area contributed by atoms with Crippen LogP contribution in [0.25, 0.3) is 0 Å². The molecule has 0 aliphatic carbocycles. The molecular weight excluding hydrogens is 641 g/mol. The Balaban J connectivity index is 1.24.